The van der Waals surface area contributed by atoms with Crippen LogP contribution in [0.3, 0.4) is 0 Å². The van der Waals surface area contributed by atoms with E-state index in [4.69, 9.17) is 16.3 Å². The molecule has 0 spiro atoms. The van der Waals surface area contributed by atoms with Crippen LogP contribution in [0.1, 0.15) is 12.0 Å². The van der Waals surface area contributed by atoms with Gasteiger partial charge in [0.1, 0.15) is 0 Å². The van der Waals surface area contributed by atoms with Gasteiger partial charge in [0, 0.05) is 17.2 Å². The number of alkyl halides is 1. The summed E-state index contributed by atoms with van der Waals surface area (Å²) in [5.41, 5.74) is 1.35. The lowest BCUT2D eigenvalue weighted by atomic mass is 10.1. The summed E-state index contributed by atoms with van der Waals surface area (Å²) in [4.78, 5) is 0. The number of ether oxygens (including phenoxy) is 1. The van der Waals surface area contributed by atoms with Crippen LogP contribution in [-0.2, 0) is 11.2 Å². The standard InChI is InChI=1S/C13H15ClOS/c14-6-1-7-15-8-4-11-2-3-12-5-9-16-13(12)10-11/h2-3,5,9-10H,1,4,6-8H2. The molecule has 2 aromatic rings. The molecule has 0 atom stereocenters. The maximum atomic E-state index is 5.57. The van der Waals surface area contributed by atoms with Gasteiger partial charge in [-0.05, 0) is 41.3 Å². The zero-order valence-corrected chi connectivity index (χ0v) is 10.7. The van der Waals surface area contributed by atoms with E-state index in [1.165, 1.54) is 15.6 Å². The van der Waals surface area contributed by atoms with Gasteiger partial charge in [0.15, 0.2) is 0 Å². The second kappa shape index (κ2) is 6.24. The van der Waals surface area contributed by atoms with Crippen molar-refractivity contribution >= 4 is 33.0 Å². The van der Waals surface area contributed by atoms with Crippen LogP contribution in [-0.4, -0.2) is 19.1 Å². The number of thiophene rings is 1. The van der Waals surface area contributed by atoms with E-state index in [9.17, 15) is 0 Å². The van der Waals surface area contributed by atoms with Crippen molar-refractivity contribution in [2.24, 2.45) is 0 Å². The Hall–Kier alpha value is -0.570. The van der Waals surface area contributed by atoms with Gasteiger partial charge >= 0.3 is 0 Å². The Labute approximate surface area is 105 Å². The smallest absolute Gasteiger partial charge is 0.0506 e. The van der Waals surface area contributed by atoms with Gasteiger partial charge in [-0.25, -0.2) is 0 Å². The highest BCUT2D eigenvalue weighted by Gasteiger charge is 1.98. The third kappa shape index (κ3) is 3.21. The van der Waals surface area contributed by atoms with Crippen molar-refractivity contribution in [1.29, 1.82) is 0 Å². The van der Waals surface area contributed by atoms with E-state index in [-0.39, 0.29) is 0 Å². The van der Waals surface area contributed by atoms with Crippen LogP contribution >= 0.6 is 22.9 Å². The summed E-state index contributed by atoms with van der Waals surface area (Å²) < 4.78 is 6.85. The lowest BCUT2D eigenvalue weighted by molar-refractivity contribution is 0.138. The molecule has 0 aliphatic carbocycles. The van der Waals surface area contributed by atoms with Gasteiger partial charge in [0.25, 0.3) is 0 Å². The molecule has 1 nitrogen and oxygen atoms in total. The van der Waals surface area contributed by atoms with Gasteiger partial charge in [-0.15, -0.1) is 22.9 Å². The quantitative estimate of drug-likeness (QED) is 0.557. The fraction of sp³-hybridized carbons (Fsp3) is 0.385. The molecule has 1 aromatic carbocycles. The first-order valence-corrected chi connectivity index (χ1v) is 6.91. The lowest BCUT2D eigenvalue weighted by Gasteiger charge is -2.03. The minimum atomic E-state index is 0.682. The summed E-state index contributed by atoms with van der Waals surface area (Å²) in [6.45, 7) is 1.55. The average Bonchev–Trinajstić information content (AvgIpc) is 2.76. The third-order valence-electron chi connectivity index (χ3n) is 2.48. The second-order valence-electron chi connectivity index (χ2n) is 3.70. The van der Waals surface area contributed by atoms with E-state index in [0.717, 1.165) is 26.1 Å². The second-order valence-corrected chi connectivity index (χ2v) is 5.02. The molecule has 0 unspecified atom stereocenters. The van der Waals surface area contributed by atoms with E-state index in [0.29, 0.717) is 5.88 Å². The molecule has 0 bridgehead atoms. The molecule has 0 amide bonds. The topological polar surface area (TPSA) is 9.23 Å². The number of rotatable bonds is 6. The highest BCUT2D eigenvalue weighted by atomic mass is 35.5. The first kappa shape index (κ1) is 11.9. The van der Waals surface area contributed by atoms with Crippen LogP contribution in [0.4, 0.5) is 0 Å². The van der Waals surface area contributed by atoms with Crippen molar-refractivity contribution in [2.45, 2.75) is 12.8 Å². The molecule has 0 saturated heterocycles. The third-order valence-corrected chi connectivity index (χ3v) is 3.62. The van der Waals surface area contributed by atoms with E-state index in [2.05, 4.69) is 29.6 Å². The van der Waals surface area contributed by atoms with Crippen LogP contribution in [0, 0.1) is 0 Å². The van der Waals surface area contributed by atoms with Gasteiger partial charge in [-0.2, -0.15) is 0 Å². The zero-order chi connectivity index (χ0) is 11.2. The highest BCUT2D eigenvalue weighted by Crippen LogP contribution is 2.21. The van der Waals surface area contributed by atoms with Crippen molar-refractivity contribution in [2.75, 3.05) is 19.1 Å². The Morgan fingerprint density at radius 2 is 2.12 bits per heavy atom. The number of benzene rings is 1. The fourth-order valence-corrected chi connectivity index (χ4v) is 2.57. The van der Waals surface area contributed by atoms with E-state index in [1.807, 2.05) is 0 Å². The Morgan fingerprint density at radius 3 is 3.00 bits per heavy atom. The maximum absolute atomic E-state index is 5.57. The van der Waals surface area contributed by atoms with Crippen molar-refractivity contribution in [3.05, 3.63) is 35.2 Å². The maximum Gasteiger partial charge on any atom is 0.0506 e. The first-order valence-electron chi connectivity index (χ1n) is 5.50. The largest absolute Gasteiger partial charge is 0.381 e. The van der Waals surface area contributed by atoms with E-state index >= 15 is 0 Å². The molecular weight excluding hydrogens is 240 g/mol. The van der Waals surface area contributed by atoms with Crippen molar-refractivity contribution in [1.82, 2.24) is 0 Å². The summed E-state index contributed by atoms with van der Waals surface area (Å²) in [6.07, 6.45) is 1.92. The fourth-order valence-electron chi connectivity index (χ4n) is 1.60. The lowest BCUT2D eigenvalue weighted by Crippen LogP contribution is -2.00. The van der Waals surface area contributed by atoms with Crippen molar-refractivity contribution < 1.29 is 4.74 Å². The molecule has 0 N–H and O–H groups in total. The molecule has 86 valence electrons. The molecule has 1 aromatic heterocycles. The van der Waals surface area contributed by atoms with Gasteiger partial charge in [-0.1, -0.05) is 12.1 Å². The average molecular weight is 255 g/mol. The minimum absolute atomic E-state index is 0.682. The predicted molar refractivity (Wildman–Crippen MR) is 71.7 cm³/mol. The van der Waals surface area contributed by atoms with Gasteiger partial charge in [0.2, 0.25) is 0 Å². The Kier molecular flexibility index (Phi) is 4.64. The summed E-state index contributed by atoms with van der Waals surface area (Å²) in [7, 11) is 0. The van der Waals surface area contributed by atoms with Crippen LogP contribution in [0.15, 0.2) is 29.6 Å². The summed E-state index contributed by atoms with van der Waals surface area (Å²) in [5.74, 6) is 0.682. The summed E-state index contributed by atoms with van der Waals surface area (Å²) in [5, 5.41) is 3.46. The highest BCUT2D eigenvalue weighted by molar-refractivity contribution is 7.17. The molecule has 16 heavy (non-hydrogen) atoms. The Morgan fingerprint density at radius 1 is 1.19 bits per heavy atom. The number of hydrogen-bond acceptors (Lipinski definition) is 2. The first-order chi connectivity index (χ1) is 7.90. The van der Waals surface area contributed by atoms with Gasteiger partial charge in [-0.3, -0.25) is 0 Å². The predicted octanol–water partition coefficient (Wildman–Crippen LogP) is 4.09. The van der Waals surface area contributed by atoms with Crippen LogP contribution < -0.4 is 0 Å². The van der Waals surface area contributed by atoms with E-state index in [1.54, 1.807) is 11.3 Å². The molecule has 0 radical (unpaired) electrons. The number of hydrogen-bond donors (Lipinski definition) is 0. The normalized spacial score (nSPS) is 11.1. The zero-order valence-electron chi connectivity index (χ0n) is 9.12. The molecule has 0 saturated carbocycles. The SMILES string of the molecule is ClCCCOCCc1ccc2ccsc2c1. The van der Waals surface area contributed by atoms with E-state index < -0.39 is 0 Å². The molecule has 2 rings (SSSR count). The van der Waals surface area contributed by atoms with Crippen molar-refractivity contribution in [3.63, 3.8) is 0 Å². The molecule has 0 fully saturated rings. The monoisotopic (exact) mass is 254 g/mol. The Bertz CT molecular complexity index is 438. The molecule has 1 heterocycles. The summed E-state index contributed by atoms with van der Waals surface area (Å²) in [6, 6.07) is 8.77. The molecular formula is C13H15ClOS. The molecule has 0 aliphatic heterocycles. The molecule has 3 heteroatoms. The minimum Gasteiger partial charge on any atom is -0.381 e. The Balaban J connectivity index is 1.84. The van der Waals surface area contributed by atoms with Crippen LogP contribution in [0.2, 0.25) is 0 Å². The summed E-state index contributed by atoms with van der Waals surface area (Å²) >= 11 is 7.36. The molecule has 0 aliphatic rings. The van der Waals surface area contributed by atoms with Crippen molar-refractivity contribution in [3.8, 4) is 0 Å². The van der Waals surface area contributed by atoms with Crippen LogP contribution in [0.25, 0.3) is 10.1 Å². The number of halogens is 1. The van der Waals surface area contributed by atoms with Crippen LogP contribution in [0.5, 0.6) is 0 Å². The van der Waals surface area contributed by atoms with Gasteiger partial charge in [0.05, 0.1) is 6.61 Å². The number of fused-ring (bicyclic) bond motifs is 1. The van der Waals surface area contributed by atoms with Gasteiger partial charge < -0.3 is 4.74 Å².